The van der Waals surface area contributed by atoms with E-state index in [1.54, 1.807) is 36.4 Å². The normalized spacial score (nSPS) is 10.6. The van der Waals surface area contributed by atoms with Crippen molar-refractivity contribution in [2.75, 3.05) is 10.6 Å². The van der Waals surface area contributed by atoms with E-state index in [4.69, 9.17) is 0 Å². The van der Waals surface area contributed by atoms with Gasteiger partial charge >= 0.3 is 0 Å². The number of nitrogens with zero attached hydrogens (tertiary/aromatic N) is 2. The Morgan fingerprint density at radius 2 is 1.44 bits per heavy atom. The lowest BCUT2D eigenvalue weighted by Gasteiger charge is -2.09. The molecule has 1 aromatic heterocycles. The van der Waals surface area contributed by atoms with Crippen LogP contribution in [0.25, 0.3) is 5.69 Å². The smallest absolute Gasteiger partial charge is 0.255 e. The van der Waals surface area contributed by atoms with Crippen molar-refractivity contribution in [2.45, 2.75) is 20.8 Å². The molecule has 0 spiro atoms. The molecule has 0 fully saturated rings. The van der Waals surface area contributed by atoms with Gasteiger partial charge in [-0.3, -0.25) is 9.59 Å². The van der Waals surface area contributed by atoms with E-state index in [2.05, 4.69) is 15.7 Å². The van der Waals surface area contributed by atoms with Crippen LogP contribution in [0.2, 0.25) is 0 Å². The van der Waals surface area contributed by atoms with Gasteiger partial charge in [0.05, 0.1) is 22.8 Å². The Morgan fingerprint density at radius 1 is 0.750 bits per heavy atom. The lowest BCUT2D eigenvalue weighted by Crippen LogP contribution is -2.15. The molecule has 3 aromatic carbocycles. The molecule has 0 aliphatic heterocycles. The van der Waals surface area contributed by atoms with E-state index in [1.165, 1.54) is 0 Å². The summed E-state index contributed by atoms with van der Waals surface area (Å²) in [5.41, 5.74) is 5.80. The molecule has 0 aliphatic carbocycles. The van der Waals surface area contributed by atoms with E-state index in [0.29, 0.717) is 22.5 Å². The maximum atomic E-state index is 12.9. The quantitative estimate of drug-likeness (QED) is 0.456. The van der Waals surface area contributed by atoms with Crippen molar-refractivity contribution in [1.82, 2.24) is 9.78 Å². The van der Waals surface area contributed by atoms with Gasteiger partial charge < -0.3 is 10.6 Å². The average Bonchev–Trinajstić information content (AvgIpc) is 3.08. The first kappa shape index (κ1) is 21.1. The summed E-state index contributed by atoms with van der Waals surface area (Å²) in [6.45, 7) is 5.75. The number of amides is 2. The number of para-hydroxylation sites is 1. The minimum Gasteiger partial charge on any atom is -0.322 e. The van der Waals surface area contributed by atoms with Crippen molar-refractivity contribution in [2.24, 2.45) is 0 Å². The third kappa shape index (κ3) is 4.44. The molecule has 2 amide bonds. The average molecular weight is 425 g/mol. The molecule has 0 bridgehead atoms. The Bertz CT molecular complexity index is 1280. The standard InChI is InChI=1S/C26H24N4O2/c1-17-12-14-20(15-13-17)25(31)27-22-9-7-8-21(16-22)26(32)28-24-18(2)29-30(19(24)3)23-10-5-4-6-11-23/h4-16H,1-3H3,(H,27,31)(H,28,32). The van der Waals surface area contributed by atoms with Gasteiger partial charge in [-0.25, -0.2) is 4.68 Å². The van der Waals surface area contributed by atoms with Crippen molar-refractivity contribution in [1.29, 1.82) is 0 Å². The van der Waals surface area contributed by atoms with Crippen LogP contribution in [-0.2, 0) is 0 Å². The lowest BCUT2D eigenvalue weighted by molar-refractivity contribution is 0.101. The van der Waals surface area contributed by atoms with E-state index in [1.807, 2.05) is 67.9 Å². The second kappa shape index (κ2) is 8.89. The van der Waals surface area contributed by atoms with Crippen LogP contribution >= 0.6 is 0 Å². The summed E-state index contributed by atoms with van der Waals surface area (Å²) in [5, 5.41) is 10.4. The van der Waals surface area contributed by atoms with Crippen molar-refractivity contribution >= 4 is 23.2 Å². The number of carbonyl (C=O) groups excluding carboxylic acids is 2. The molecule has 2 N–H and O–H groups in total. The second-order valence-corrected chi connectivity index (χ2v) is 7.65. The zero-order chi connectivity index (χ0) is 22.7. The maximum absolute atomic E-state index is 12.9. The fraction of sp³-hybridized carbons (Fsp3) is 0.115. The molecule has 0 aliphatic rings. The van der Waals surface area contributed by atoms with E-state index >= 15 is 0 Å². The van der Waals surface area contributed by atoms with E-state index in [0.717, 1.165) is 22.6 Å². The van der Waals surface area contributed by atoms with Crippen LogP contribution in [0, 0.1) is 20.8 Å². The van der Waals surface area contributed by atoms with Gasteiger partial charge in [-0.05, 0) is 63.2 Å². The summed E-state index contributed by atoms with van der Waals surface area (Å²) in [6.07, 6.45) is 0. The molecule has 6 heteroatoms. The Balaban J connectivity index is 1.52. The minimum atomic E-state index is -0.268. The van der Waals surface area contributed by atoms with Gasteiger partial charge in [0.2, 0.25) is 0 Å². The van der Waals surface area contributed by atoms with Gasteiger partial charge in [0.15, 0.2) is 0 Å². The summed E-state index contributed by atoms with van der Waals surface area (Å²) in [7, 11) is 0. The van der Waals surface area contributed by atoms with Crippen molar-refractivity contribution in [3.8, 4) is 5.69 Å². The Morgan fingerprint density at radius 3 is 2.16 bits per heavy atom. The Kier molecular flexibility index (Phi) is 5.85. The number of aryl methyl sites for hydroxylation is 2. The molecule has 32 heavy (non-hydrogen) atoms. The third-order valence-corrected chi connectivity index (χ3v) is 5.23. The summed E-state index contributed by atoms with van der Waals surface area (Å²) >= 11 is 0. The van der Waals surface area contributed by atoms with Crippen LogP contribution in [0.15, 0.2) is 78.9 Å². The van der Waals surface area contributed by atoms with Gasteiger partial charge in [0, 0.05) is 16.8 Å². The number of nitrogens with one attached hydrogen (secondary N) is 2. The number of rotatable bonds is 5. The van der Waals surface area contributed by atoms with Crippen LogP contribution < -0.4 is 10.6 Å². The first-order valence-corrected chi connectivity index (χ1v) is 10.3. The van der Waals surface area contributed by atoms with E-state index in [-0.39, 0.29) is 11.8 Å². The first-order chi connectivity index (χ1) is 15.4. The molecule has 1 heterocycles. The zero-order valence-electron chi connectivity index (χ0n) is 18.2. The molecule has 0 atom stereocenters. The predicted molar refractivity (Wildman–Crippen MR) is 127 cm³/mol. The van der Waals surface area contributed by atoms with Crippen molar-refractivity contribution in [3.63, 3.8) is 0 Å². The molecule has 4 aromatic rings. The highest BCUT2D eigenvalue weighted by molar-refractivity contribution is 6.07. The van der Waals surface area contributed by atoms with E-state index < -0.39 is 0 Å². The summed E-state index contributed by atoms with van der Waals surface area (Å²) in [4.78, 5) is 25.5. The summed E-state index contributed by atoms with van der Waals surface area (Å²) in [6, 6.07) is 24.0. The zero-order valence-corrected chi connectivity index (χ0v) is 18.2. The summed E-state index contributed by atoms with van der Waals surface area (Å²) < 4.78 is 1.81. The van der Waals surface area contributed by atoms with Gasteiger partial charge in [0.1, 0.15) is 0 Å². The Labute approximate surface area is 186 Å². The Hall–Kier alpha value is -4.19. The monoisotopic (exact) mass is 424 g/mol. The summed E-state index contributed by atoms with van der Waals surface area (Å²) in [5.74, 6) is -0.492. The highest BCUT2D eigenvalue weighted by Gasteiger charge is 2.17. The third-order valence-electron chi connectivity index (χ3n) is 5.23. The number of aromatic nitrogens is 2. The molecule has 0 saturated carbocycles. The number of benzene rings is 3. The molecule has 4 rings (SSSR count). The predicted octanol–water partition coefficient (Wildman–Crippen LogP) is 5.30. The van der Waals surface area contributed by atoms with E-state index in [9.17, 15) is 9.59 Å². The first-order valence-electron chi connectivity index (χ1n) is 10.3. The van der Waals surface area contributed by atoms with Gasteiger partial charge in [0.25, 0.3) is 11.8 Å². The van der Waals surface area contributed by atoms with Gasteiger partial charge in [-0.15, -0.1) is 0 Å². The fourth-order valence-corrected chi connectivity index (χ4v) is 3.48. The van der Waals surface area contributed by atoms with Gasteiger partial charge in [-0.1, -0.05) is 42.0 Å². The molecule has 6 nitrogen and oxygen atoms in total. The molecule has 0 radical (unpaired) electrons. The van der Waals surface area contributed by atoms with Crippen LogP contribution in [0.5, 0.6) is 0 Å². The van der Waals surface area contributed by atoms with Crippen LogP contribution in [0.1, 0.15) is 37.7 Å². The second-order valence-electron chi connectivity index (χ2n) is 7.65. The number of carbonyl (C=O) groups is 2. The lowest BCUT2D eigenvalue weighted by atomic mass is 10.1. The minimum absolute atomic E-state index is 0.224. The van der Waals surface area contributed by atoms with Crippen molar-refractivity contribution in [3.05, 3.63) is 107 Å². The maximum Gasteiger partial charge on any atom is 0.255 e. The molecular weight excluding hydrogens is 400 g/mol. The van der Waals surface area contributed by atoms with Crippen LogP contribution in [-0.4, -0.2) is 21.6 Å². The van der Waals surface area contributed by atoms with Crippen molar-refractivity contribution < 1.29 is 9.59 Å². The molecule has 160 valence electrons. The number of hydrogen-bond acceptors (Lipinski definition) is 3. The van der Waals surface area contributed by atoms with Crippen LogP contribution in [0.4, 0.5) is 11.4 Å². The highest BCUT2D eigenvalue weighted by Crippen LogP contribution is 2.24. The topological polar surface area (TPSA) is 76.0 Å². The number of hydrogen-bond donors (Lipinski definition) is 2. The van der Waals surface area contributed by atoms with Crippen LogP contribution in [0.3, 0.4) is 0 Å². The SMILES string of the molecule is Cc1ccc(C(=O)Nc2cccc(C(=O)Nc3c(C)nn(-c4ccccc4)c3C)c2)cc1. The van der Waals surface area contributed by atoms with Gasteiger partial charge in [-0.2, -0.15) is 5.10 Å². The molecule has 0 saturated heterocycles. The molecule has 0 unspecified atom stereocenters. The fourth-order valence-electron chi connectivity index (χ4n) is 3.48. The largest absolute Gasteiger partial charge is 0.322 e. The molecular formula is C26H24N4O2. The number of anilines is 2. The highest BCUT2D eigenvalue weighted by atomic mass is 16.2.